The fourth-order valence-electron chi connectivity index (χ4n) is 3.95. The third-order valence-corrected chi connectivity index (χ3v) is 5.71. The molecule has 6 heteroatoms. The first-order chi connectivity index (χ1) is 13.8. The highest BCUT2D eigenvalue weighted by atomic mass is 16.2. The number of nitrogens with zero attached hydrogens (tertiary/aromatic N) is 4. The first-order valence-corrected chi connectivity index (χ1v) is 10.2. The maximum absolute atomic E-state index is 12.4. The number of hydrogen-bond donors (Lipinski definition) is 1. The van der Waals surface area contributed by atoms with Crippen LogP contribution in [0.25, 0.3) is 5.65 Å². The summed E-state index contributed by atoms with van der Waals surface area (Å²) in [6.45, 7) is 2.41. The predicted molar refractivity (Wildman–Crippen MR) is 108 cm³/mol. The fourth-order valence-corrected chi connectivity index (χ4v) is 3.95. The quantitative estimate of drug-likeness (QED) is 0.742. The molecule has 2 aromatic heterocycles. The smallest absolute Gasteiger partial charge is 0.225 e. The van der Waals surface area contributed by atoms with Crippen molar-refractivity contribution < 1.29 is 4.79 Å². The molecule has 1 aromatic carbocycles. The maximum atomic E-state index is 12.4. The highest BCUT2D eigenvalue weighted by Crippen LogP contribution is 2.34. The standard InChI is InChI=1S/C22H25N5O/c28-22(17-8-9-17)26-12-4-7-18(14-26)21-24-20-11-10-19(15-27(20)25-21)23-13-16-5-2-1-3-6-16/h1-3,5-6,10-11,15,17-18,23H,4,7-9,12-14H2/t18-/m0/s1. The van der Waals surface area contributed by atoms with E-state index in [0.717, 1.165) is 62.5 Å². The number of aromatic nitrogens is 3. The van der Waals surface area contributed by atoms with Gasteiger partial charge < -0.3 is 10.2 Å². The molecule has 0 spiro atoms. The van der Waals surface area contributed by atoms with Crippen LogP contribution in [0.3, 0.4) is 0 Å². The lowest BCUT2D eigenvalue weighted by Crippen LogP contribution is -2.40. The Labute approximate surface area is 164 Å². The van der Waals surface area contributed by atoms with Crippen LogP contribution in [0.1, 0.15) is 43.0 Å². The molecule has 3 aromatic rings. The largest absolute Gasteiger partial charge is 0.380 e. The van der Waals surface area contributed by atoms with Gasteiger partial charge in [0.25, 0.3) is 0 Å². The molecule has 0 bridgehead atoms. The summed E-state index contributed by atoms with van der Waals surface area (Å²) >= 11 is 0. The van der Waals surface area contributed by atoms with E-state index in [-0.39, 0.29) is 11.8 Å². The first-order valence-electron chi connectivity index (χ1n) is 10.2. The second kappa shape index (κ2) is 7.26. The van der Waals surface area contributed by atoms with Gasteiger partial charge in [-0.2, -0.15) is 5.10 Å². The van der Waals surface area contributed by atoms with Crippen molar-refractivity contribution in [3.05, 3.63) is 60.0 Å². The van der Waals surface area contributed by atoms with E-state index in [1.165, 1.54) is 5.56 Å². The van der Waals surface area contributed by atoms with Gasteiger partial charge in [0.15, 0.2) is 11.5 Å². The Morgan fingerprint density at radius 2 is 1.96 bits per heavy atom. The molecule has 1 aliphatic heterocycles. The molecule has 1 aliphatic carbocycles. The monoisotopic (exact) mass is 375 g/mol. The predicted octanol–water partition coefficient (Wildman–Crippen LogP) is 3.46. The third-order valence-electron chi connectivity index (χ3n) is 5.71. The number of nitrogens with one attached hydrogen (secondary N) is 1. The highest BCUT2D eigenvalue weighted by Gasteiger charge is 2.36. The number of fused-ring (bicyclic) bond motifs is 1. The van der Waals surface area contributed by atoms with Crippen molar-refractivity contribution in [1.82, 2.24) is 19.5 Å². The first kappa shape index (κ1) is 17.2. The number of carbonyl (C=O) groups is 1. The number of likely N-dealkylation sites (tertiary alicyclic amines) is 1. The number of rotatable bonds is 5. The van der Waals surface area contributed by atoms with Crippen molar-refractivity contribution in [2.24, 2.45) is 5.92 Å². The molecule has 1 N–H and O–H groups in total. The van der Waals surface area contributed by atoms with Gasteiger partial charge in [-0.3, -0.25) is 4.79 Å². The van der Waals surface area contributed by atoms with Crippen molar-refractivity contribution in [3.63, 3.8) is 0 Å². The summed E-state index contributed by atoms with van der Waals surface area (Å²) in [4.78, 5) is 19.2. The number of anilines is 1. The van der Waals surface area contributed by atoms with Gasteiger partial charge in [0.1, 0.15) is 0 Å². The van der Waals surface area contributed by atoms with E-state index < -0.39 is 0 Å². The molecule has 1 amide bonds. The van der Waals surface area contributed by atoms with Gasteiger partial charge in [0.2, 0.25) is 5.91 Å². The molecular formula is C22H25N5O. The Bertz CT molecular complexity index is 979. The van der Waals surface area contributed by atoms with Gasteiger partial charge in [-0.05, 0) is 43.4 Å². The summed E-state index contributed by atoms with van der Waals surface area (Å²) in [6, 6.07) is 14.4. The normalized spacial score (nSPS) is 19.7. The number of benzene rings is 1. The minimum absolute atomic E-state index is 0.233. The fraction of sp³-hybridized carbons (Fsp3) is 0.409. The van der Waals surface area contributed by atoms with Gasteiger partial charge in [0, 0.05) is 31.5 Å². The minimum atomic E-state index is 0.233. The lowest BCUT2D eigenvalue weighted by molar-refractivity contribution is -0.133. The zero-order valence-corrected chi connectivity index (χ0v) is 15.9. The highest BCUT2D eigenvalue weighted by molar-refractivity contribution is 5.81. The molecule has 5 rings (SSSR count). The van der Waals surface area contributed by atoms with Gasteiger partial charge in [0.05, 0.1) is 11.9 Å². The molecule has 1 saturated carbocycles. The molecule has 28 heavy (non-hydrogen) atoms. The number of carbonyl (C=O) groups excluding carboxylic acids is 1. The lowest BCUT2D eigenvalue weighted by atomic mass is 9.97. The summed E-state index contributed by atoms with van der Waals surface area (Å²) in [6.07, 6.45) is 6.19. The summed E-state index contributed by atoms with van der Waals surface area (Å²) in [7, 11) is 0. The van der Waals surface area contributed by atoms with Crippen LogP contribution in [0.4, 0.5) is 5.69 Å². The molecule has 1 atom stereocenters. The molecule has 1 saturated heterocycles. The molecule has 6 nitrogen and oxygen atoms in total. The Hall–Kier alpha value is -2.89. The SMILES string of the molecule is O=C(C1CC1)N1CCC[C@H](c2nc3ccc(NCc4ccccc4)cn3n2)C1. The number of pyridine rings is 1. The molecule has 0 radical (unpaired) electrons. The summed E-state index contributed by atoms with van der Waals surface area (Å²) in [5, 5.41) is 8.18. The van der Waals surface area contributed by atoms with Gasteiger partial charge >= 0.3 is 0 Å². The maximum Gasteiger partial charge on any atom is 0.225 e. The van der Waals surface area contributed by atoms with Crippen LogP contribution in [-0.2, 0) is 11.3 Å². The van der Waals surface area contributed by atoms with Crippen molar-refractivity contribution in [1.29, 1.82) is 0 Å². The zero-order valence-electron chi connectivity index (χ0n) is 15.9. The van der Waals surface area contributed by atoms with E-state index in [1.807, 2.05) is 45.9 Å². The summed E-state index contributed by atoms with van der Waals surface area (Å²) in [5.41, 5.74) is 3.11. The Balaban J connectivity index is 1.30. The van der Waals surface area contributed by atoms with Crippen molar-refractivity contribution in [3.8, 4) is 0 Å². The molecule has 2 fully saturated rings. The Kier molecular flexibility index (Phi) is 4.47. The Morgan fingerprint density at radius 1 is 1.11 bits per heavy atom. The number of hydrogen-bond acceptors (Lipinski definition) is 4. The molecule has 144 valence electrons. The van der Waals surface area contributed by atoms with E-state index in [2.05, 4.69) is 17.4 Å². The van der Waals surface area contributed by atoms with Crippen LogP contribution in [0.5, 0.6) is 0 Å². The molecule has 2 aliphatic rings. The van der Waals surface area contributed by atoms with E-state index >= 15 is 0 Å². The topological polar surface area (TPSA) is 62.5 Å². The van der Waals surface area contributed by atoms with Crippen LogP contribution < -0.4 is 5.32 Å². The van der Waals surface area contributed by atoms with Crippen LogP contribution in [-0.4, -0.2) is 38.5 Å². The number of amides is 1. The van der Waals surface area contributed by atoms with Crippen molar-refractivity contribution >= 4 is 17.2 Å². The molecule has 3 heterocycles. The Morgan fingerprint density at radius 3 is 2.79 bits per heavy atom. The van der Waals surface area contributed by atoms with Gasteiger partial charge in [-0.25, -0.2) is 9.50 Å². The average Bonchev–Trinajstić information content (AvgIpc) is 3.51. The zero-order chi connectivity index (χ0) is 18.9. The molecular weight excluding hydrogens is 350 g/mol. The summed E-state index contributed by atoms with van der Waals surface area (Å²) < 4.78 is 1.85. The van der Waals surface area contributed by atoms with Crippen molar-refractivity contribution in [2.75, 3.05) is 18.4 Å². The van der Waals surface area contributed by atoms with Crippen LogP contribution in [0.2, 0.25) is 0 Å². The second-order valence-corrected chi connectivity index (χ2v) is 7.93. The lowest BCUT2D eigenvalue weighted by Gasteiger charge is -2.31. The van der Waals surface area contributed by atoms with Crippen LogP contribution in [0, 0.1) is 5.92 Å². The molecule has 0 unspecified atom stereocenters. The van der Waals surface area contributed by atoms with E-state index in [0.29, 0.717) is 5.91 Å². The number of piperidine rings is 1. The van der Waals surface area contributed by atoms with Gasteiger partial charge in [-0.15, -0.1) is 0 Å². The third kappa shape index (κ3) is 3.59. The van der Waals surface area contributed by atoms with Crippen molar-refractivity contribution in [2.45, 2.75) is 38.1 Å². The van der Waals surface area contributed by atoms with Crippen LogP contribution in [0.15, 0.2) is 48.7 Å². The minimum Gasteiger partial charge on any atom is -0.380 e. The summed E-state index contributed by atoms with van der Waals surface area (Å²) in [5.74, 6) is 1.71. The van der Waals surface area contributed by atoms with E-state index in [1.54, 1.807) is 0 Å². The average molecular weight is 375 g/mol. The van der Waals surface area contributed by atoms with Crippen LogP contribution >= 0.6 is 0 Å². The van der Waals surface area contributed by atoms with Gasteiger partial charge in [-0.1, -0.05) is 30.3 Å². The van der Waals surface area contributed by atoms with E-state index in [9.17, 15) is 4.79 Å². The van der Waals surface area contributed by atoms with E-state index in [4.69, 9.17) is 10.1 Å². The second-order valence-electron chi connectivity index (χ2n) is 7.93.